The van der Waals surface area contributed by atoms with E-state index in [9.17, 15) is 9.35 Å². The maximum absolute atomic E-state index is 12.3. The fourth-order valence-corrected chi connectivity index (χ4v) is 3.50. The zero-order chi connectivity index (χ0) is 20.5. The van der Waals surface area contributed by atoms with Crippen LogP contribution < -0.4 is 10.3 Å². The molecular weight excluding hydrogens is 414 g/mol. The molecule has 0 saturated carbocycles. The number of thiocarbonyl (C=S) groups is 2. The van der Waals surface area contributed by atoms with Crippen LogP contribution in [0.25, 0.3) is 0 Å². The maximum Gasteiger partial charge on any atom is 0.290 e. The summed E-state index contributed by atoms with van der Waals surface area (Å²) in [6.07, 6.45) is 1.63. The fourth-order valence-electron chi connectivity index (χ4n) is 2.20. The summed E-state index contributed by atoms with van der Waals surface area (Å²) < 4.78 is 12.3. The predicted octanol–water partition coefficient (Wildman–Crippen LogP) is 1.59. The summed E-state index contributed by atoms with van der Waals surface area (Å²) in [5, 5.41) is 2.96. The lowest BCUT2D eigenvalue weighted by molar-refractivity contribution is -0.121. The summed E-state index contributed by atoms with van der Waals surface area (Å²) in [5.41, 5.74) is 4.05. The number of nitrogens with zero attached hydrogens (tertiary/aromatic N) is 3. The van der Waals surface area contributed by atoms with Gasteiger partial charge in [0.15, 0.2) is 0 Å². The quantitative estimate of drug-likeness (QED) is 0.385. The Morgan fingerprint density at radius 1 is 1.14 bits per heavy atom. The van der Waals surface area contributed by atoms with E-state index in [2.05, 4.69) is 15.2 Å². The molecule has 0 aliphatic carbocycles. The van der Waals surface area contributed by atoms with Crippen molar-refractivity contribution in [1.82, 2.24) is 25.3 Å². The zero-order valence-corrected chi connectivity index (χ0v) is 17.9. The molecule has 1 amide bonds. The van der Waals surface area contributed by atoms with Crippen molar-refractivity contribution in [3.05, 3.63) is 66.0 Å². The van der Waals surface area contributed by atoms with Crippen molar-refractivity contribution in [3.8, 4) is 0 Å². The highest BCUT2D eigenvalue weighted by atomic mass is 32.2. The highest BCUT2D eigenvalue weighted by Crippen LogP contribution is 2.04. The Kier molecular flexibility index (Phi) is 8.74. The molecule has 10 heteroatoms. The van der Waals surface area contributed by atoms with Crippen LogP contribution in [-0.2, 0) is 16.2 Å². The summed E-state index contributed by atoms with van der Waals surface area (Å²) in [7, 11) is 1.65. The number of carbonyl (C=O) groups is 1. The van der Waals surface area contributed by atoms with E-state index in [1.54, 1.807) is 25.4 Å². The first-order valence-corrected chi connectivity index (χ1v) is 10.6. The number of amides is 1. The summed E-state index contributed by atoms with van der Waals surface area (Å²) in [6.45, 7) is 2.29. The number of pyridine rings is 1. The maximum atomic E-state index is 12.3. The van der Waals surface area contributed by atoms with Crippen LogP contribution in [0.4, 0.5) is 0 Å². The molecule has 28 heavy (non-hydrogen) atoms. The van der Waals surface area contributed by atoms with Crippen molar-refractivity contribution in [2.24, 2.45) is 0 Å². The average molecular weight is 436 g/mol. The molecule has 2 aromatic rings. The van der Waals surface area contributed by atoms with Gasteiger partial charge in [-0.2, -0.15) is 0 Å². The number of hydrogen-bond acceptors (Lipinski definition) is 6. The van der Waals surface area contributed by atoms with E-state index < -0.39 is 17.3 Å². The van der Waals surface area contributed by atoms with Gasteiger partial charge in [0.05, 0.1) is 17.1 Å². The van der Waals surface area contributed by atoms with Crippen LogP contribution >= 0.6 is 24.4 Å². The molecule has 0 radical (unpaired) electrons. The van der Waals surface area contributed by atoms with Crippen molar-refractivity contribution in [2.75, 3.05) is 19.3 Å². The third-order valence-electron chi connectivity index (χ3n) is 3.53. The summed E-state index contributed by atoms with van der Waals surface area (Å²) in [6, 6.07) is 14.7. The van der Waals surface area contributed by atoms with Gasteiger partial charge in [0.25, 0.3) is 5.91 Å². The van der Waals surface area contributed by atoms with E-state index in [0.29, 0.717) is 22.2 Å². The molecule has 1 heterocycles. The second-order valence-electron chi connectivity index (χ2n) is 5.61. The normalized spacial score (nSPS) is 11.4. The molecule has 148 valence electrons. The summed E-state index contributed by atoms with van der Waals surface area (Å²) in [5.74, 6) is -0.701. The SMILES string of the molecule is CCN(NC(=O)C[S+]([O-])NN(C)C(=S)c1ccccc1)C(=S)c1ccccn1. The van der Waals surface area contributed by atoms with Crippen LogP contribution in [0.1, 0.15) is 18.2 Å². The summed E-state index contributed by atoms with van der Waals surface area (Å²) in [4.78, 5) is 20.0. The van der Waals surface area contributed by atoms with Crippen molar-refractivity contribution in [2.45, 2.75) is 6.92 Å². The first-order valence-electron chi connectivity index (χ1n) is 8.42. The Hall–Kier alpha value is -2.11. The number of aromatic nitrogens is 1. The van der Waals surface area contributed by atoms with Gasteiger partial charge in [-0.15, -0.1) is 0 Å². The number of nitrogens with one attached hydrogen (secondary N) is 2. The third-order valence-corrected chi connectivity index (χ3v) is 5.47. The van der Waals surface area contributed by atoms with Crippen LogP contribution in [-0.4, -0.2) is 54.8 Å². The number of benzene rings is 1. The van der Waals surface area contributed by atoms with Gasteiger partial charge in [-0.05, 0) is 23.9 Å². The zero-order valence-electron chi connectivity index (χ0n) is 15.5. The second kappa shape index (κ2) is 11.0. The van der Waals surface area contributed by atoms with Crippen molar-refractivity contribution in [3.63, 3.8) is 0 Å². The average Bonchev–Trinajstić information content (AvgIpc) is 2.72. The molecule has 1 aromatic carbocycles. The Balaban J connectivity index is 1.87. The standard InChI is InChI=1S/C18H21N5O2S3/c1-3-23(18(27)15-11-7-8-12-19-15)20-16(24)13-28(25)21-22(2)17(26)14-9-5-4-6-10-14/h4-12,21H,3,13H2,1-2H3,(H,20,24). The molecule has 1 unspecified atom stereocenters. The molecule has 0 spiro atoms. The van der Waals surface area contributed by atoms with Crippen molar-refractivity contribution >= 4 is 51.7 Å². The largest absolute Gasteiger partial charge is 0.596 e. The minimum atomic E-state index is -1.66. The lowest BCUT2D eigenvalue weighted by Crippen LogP contribution is -2.50. The molecule has 2 N–H and O–H groups in total. The van der Waals surface area contributed by atoms with Crippen LogP contribution in [0.15, 0.2) is 54.7 Å². The number of hydrogen-bond donors (Lipinski definition) is 2. The van der Waals surface area contributed by atoms with Gasteiger partial charge in [0.2, 0.25) is 5.75 Å². The number of rotatable bonds is 7. The molecule has 2 rings (SSSR count). The van der Waals surface area contributed by atoms with Gasteiger partial charge in [-0.25, -0.2) is 0 Å². The van der Waals surface area contributed by atoms with E-state index in [1.807, 2.05) is 43.3 Å². The topological polar surface area (TPSA) is 83.6 Å². The van der Waals surface area contributed by atoms with E-state index in [0.717, 1.165) is 5.56 Å². The number of carbonyl (C=O) groups excluding carboxylic acids is 1. The second-order valence-corrected chi connectivity index (χ2v) is 7.55. The van der Waals surface area contributed by atoms with Gasteiger partial charge < -0.3 is 4.55 Å². The Bertz CT molecular complexity index is 807. The van der Waals surface area contributed by atoms with E-state index in [4.69, 9.17) is 24.4 Å². The van der Waals surface area contributed by atoms with E-state index in [1.165, 1.54) is 10.0 Å². The first kappa shape index (κ1) is 22.2. The lowest BCUT2D eigenvalue weighted by atomic mass is 10.2. The highest BCUT2D eigenvalue weighted by molar-refractivity contribution is 7.90. The molecule has 0 aliphatic rings. The van der Waals surface area contributed by atoms with Gasteiger partial charge in [-0.1, -0.05) is 60.8 Å². The minimum absolute atomic E-state index is 0.261. The Morgan fingerprint density at radius 2 is 1.82 bits per heavy atom. The molecule has 1 atom stereocenters. The predicted molar refractivity (Wildman–Crippen MR) is 119 cm³/mol. The van der Waals surface area contributed by atoms with Gasteiger partial charge >= 0.3 is 0 Å². The molecule has 1 aromatic heterocycles. The third kappa shape index (κ3) is 6.50. The van der Waals surface area contributed by atoms with Crippen LogP contribution in [0.5, 0.6) is 0 Å². The van der Waals surface area contributed by atoms with E-state index >= 15 is 0 Å². The van der Waals surface area contributed by atoms with Gasteiger partial charge in [-0.3, -0.25) is 25.2 Å². The minimum Gasteiger partial charge on any atom is -0.596 e. The van der Waals surface area contributed by atoms with Crippen LogP contribution in [0.2, 0.25) is 0 Å². The molecule has 0 saturated heterocycles. The number of hydrazine groups is 2. The monoisotopic (exact) mass is 435 g/mol. The van der Waals surface area contributed by atoms with Crippen molar-refractivity contribution < 1.29 is 9.35 Å². The van der Waals surface area contributed by atoms with E-state index in [-0.39, 0.29) is 5.75 Å². The lowest BCUT2D eigenvalue weighted by Gasteiger charge is -2.25. The van der Waals surface area contributed by atoms with Crippen LogP contribution in [0, 0.1) is 0 Å². The first-order chi connectivity index (χ1) is 13.4. The molecule has 0 aliphatic heterocycles. The molecule has 0 bridgehead atoms. The smallest absolute Gasteiger partial charge is 0.290 e. The molecular formula is C18H21N5O2S3. The van der Waals surface area contributed by atoms with Gasteiger partial charge in [0, 0.05) is 25.4 Å². The van der Waals surface area contributed by atoms with Gasteiger partial charge in [0.1, 0.15) is 9.98 Å². The highest BCUT2D eigenvalue weighted by Gasteiger charge is 2.21. The molecule has 7 nitrogen and oxygen atoms in total. The van der Waals surface area contributed by atoms with Crippen LogP contribution in [0.3, 0.4) is 0 Å². The van der Waals surface area contributed by atoms with Crippen molar-refractivity contribution in [1.29, 1.82) is 0 Å². The Labute approximate surface area is 178 Å². The molecule has 0 fully saturated rings. The summed E-state index contributed by atoms with van der Waals surface area (Å²) >= 11 is 9.05. The fraction of sp³-hybridized carbons (Fsp3) is 0.222. The Morgan fingerprint density at radius 3 is 2.43 bits per heavy atom.